The van der Waals surface area contributed by atoms with Crippen LogP contribution in [0.5, 0.6) is 0 Å². The van der Waals surface area contributed by atoms with Crippen molar-refractivity contribution in [2.24, 2.45) is 5.92 Å². The number of nitriles is 1. The van der Waals surface area contributed by atoms with E-state index in [1.165, 1.54) is 13.0 Å². The molecule has 158 valence electrons. The van der Waals surface area contributed by atoms with E-state index in [-0.39, 0.29) is 31.0 Å². The fourth-order valence-corrected chi connectivity index (χ4v) is 2.95. The minimum atomic E-state index is -0.418. The molecule has 3 atom stereocenters. The molecule has 0 saturated heterocycles. The van der Waals surface area contributed by atoms with E-state index in [4.69, 9.17) is 14.2 Å². The van der Waals surface area contributed by atoms with Crippen LogP contribution in [0.1, 0.15) is 31.4 Å². The third-order valence-corrected chi connectivity index (χ3v) is 4.68. The lowest BCUT2D eigenvalue weighted by atomic mass is 9.95. The molecule has 5 heteroatoms. The lowest BCUT2D eigenvalue weighted by Gasteiger charge is -2.28. The van der Waals surface area contributed by atoms with Crippen molar-refractivity contribution in [3.05, 3.63) is 83.9 Å². The first-order valence-electron chi connectivity index (χ1n) is 10.0. The number of ether oxygens (including phenoxy) is 3. The summed E-state index contributed by atoms with van der Waals surface area (Å²) >= 11 is 0. The predicted octanol–water partition coefficient (Wildman–Crippen LogP) is 4.83. The third kappa shape index (κ3) is 8.71. The molecule has 2 aromatic rings. The van der Waals surface area contributed by atoms with Crippen molar-refractivity contribution in [2.45, 2.75) is 45.7 Å². The highest BCUT2D eigenvalue weighted by atomic mass is 16.7. The molecule has 0 aromatic heterocycles. The van der Waals surface area contributed by atoms with Gasteiger partial charge in [0.15, 0.2) is 5.78 Å². The van der Waals surface area contributed by atoms with Gasteiger partial charge in [0.2, 0.25) is 0 Å². The van der Waals surface area contributed by atoms with E-state index in [2.05, 4.69) is 6.07 Å². The summed E-state index contributed by atoms with van der Waals surface area (Å²) < 4.78 is 17.6. The van der Waals surface area contributed by atoms with Gasteiger partial charge in [-0.3, -0.25) is 4.79 Å². The van der Waals surface area contributed by atoms with Crippen molar-refractivity contribution in [3.8, 4) is 6.07 Å². The first-order chi connectivity index (χ1) is 14.6. The van der Waals surface area contributed by atoms with E-state index in [9.17, 15) is 10.1 Å². The summed E-state index contributed by atoms with van der Waals surface area (Å²) in [5.74, 6) is -0.215. The molecule has 0 spiro atoms. The topological polar surface area (TPSA) is 68.5 Å². The monoisotopic (exact) mass is 407 g/mol. The summed E-state index contributed by atoms with van der Waals surface area (Å²) in [6, 6.07) is 21.8. The molecule has 0 radical (unpaired) electrons. The second-order valence-corrected chi connectivity index (χ2v) is 7.11. The van der Waals surface area contributed by atoms with Crippen LogP contribution in [0, 0.1) is 17.2 Å². The van der Waals surface area contributed by atoms with Crippen LogP contribution in [-0.2, 0) is 32.2 Å². The minimum absolute atomic E-state index is 0.0666. The Balaban J connectivity index is 1.96. The zero-order chi connectivity index (χ0) is 21.6. The van der Waals surface area contributed by atoms with Gasteiger partial charge in [0.05, 0.1) is 37.9 Å². The summed E-state index contributed by atoms with van der Waals surface area (Å²) in [5.41, 5.74) is 2.09. The SMILES string of the molecule is CC(=O)/C=C/[C@H](OCOCc1ccccc1)[C@@H](C)[C@@H](CC#N)OCc1ccccc1. The summed E-state index contributed by atoms with van der Waals surface area (Å²) in [4.78, 5) is 11.4. The number of carbonyl (C=O) groups excluding carboxylic acids is 1. The van der Waals surface area contributed by atoms with E-state index in [1.807, 2.05) is 67.6 Å². The van der Waals surface area contributed by atoms with Crippen LogP contribution >= 0.6 is 0 Å². The molecule has 30 heavy (non-hydrogen) atoms. The highest BCUT2D eigenvalue weighted by Crippen LogP contribution is 2.21. The molecule has 5 nitrogen and oxygen atoms in total. The third-order valence-electron chi connectivity index (χ3n) is 4.68. The molecule has 0 aliphatic heterocycles. The fraction of sp³-hybridized carbons (Fsp3) is 0.360. The van der Waals surface area contributed by atoms with E-state index in [1.54, 1.807) is 6.08 Å². The Kier molecular flexibility index (Phi) is 10.5. The molecule has 0 unspecified atom stereocenters. The van der Waals surface area contributed by atoms with Crippen molar-refractivity contribution in [1.29, 1.82) is 5.26 Å². The number of hydrogen-bond donors (Lipinski definition) is 0. The lowest BCUT2D eigenvalue weighted by Crippen LogP contribution is -2.33. The van der Waals surface area contributed by atoms with Gasteiger partial charge in [0.25, 0.3) is 0 Å². The average Bonchev–Trinajstić information content (AvgIpc) is 2.77. The quantitative estimate of drug-likeness (QED) is 0.270. The lowest BCUT2D eigenvalue weighted by molar-refractivity contribution is -0.118. The van der Waals surface area contributed by atoms with Crippen molar-refractivity contribution in [2.75, 3.05) is 6.79 Å². The van der Waals surface area contributed by atoms with Crippen molar-refractivity contribution in [1.82, 2.24) is 0 Å². The summed E-state index contributed by atoms with van der Waals surface area (Å²) in [6.07, 6.45) is 2.67. The Morgan fingerprint density at radius 3 is 2.17 bits per heavy atom. The van der Waals surface area contributed by atoms with Crippen LogP contribution in [-0.4, -0.2) is 24.8 Å². The van der Waals surface area contributed by atoms with Crippen LogP contribution < -0.4 is 0 Å². The average molecular weight is 408 g/mol. The van der Waals surface area contributed by atoms with E-state index >= 15 is 0 Å². The molecule has 0 amide bonds. The number of ketones is 1. The molecule has 0 heterocycles. The van der Waals surface area contributed by atoms with Crippen LogP contribution in [0.2, 0.25) is 0 Å². The number of hydrogen-bond acceptors (Lipinski definition) is 5. The zero-order valence-corrected chi connectivity index (χ0v) is 17.6. The summed E-state index contributed by atoms with van der Waals surface area (Å²) in [5, 5.41) is 9.26. The zero-order valence-electron chi connectivity index (χ0n) is 17.6. The second-order valence-electron chi connectivity index (χ2n) is 7.11. The molecule has 0 fully saturated rings. The molecule has 0 N–H and O–H groups in total. The van der Waals surface area contributed by atoms with Gasteiger partial charge >= 0.3 is 0 Å². The van der Waals surface area contributed by atoms with Gasteiger partial charge in [-0.15, -0.1) is 0 Å². The Morgan fingerprint density at radius 1 is 1.00 bits per heavy atom. The Hall–Kier alpha value is -2.78. The Labute approximate surface area is 178 Å². The number of allylic oxidation sites excluding steroid dienone is 1. The maximum atomic E-state index is 11.4. The summed E-state index contributed by atoms with van der Waals surface area (Å²) in [6.45, 7) is 4.36. The van der Waals surface area contributed by atoms with Crippen LogP contribution in [0.25, 0.3) is 0 Å². The molecule has 2 rings (SSSR count). The molecule has 0 aliphatic rings. The first kappa shape index (κ1) is 23.5. The van der Waals surface area contributed by atoms with Crippen molar-refractivity contribution in [3.63, 3.8) is 0 Å². The van der Waals surface area contributed by atoms with E-state index in [0.717, 1.165) is 11.1 Å². The van der Waals surface area contributed by atoms with Gasteiger partial charge < -0.3 is 14.2 Å². The van der Waals surface area contributed by atoms with Crippen LogP contribution in [0.15, 0.2) is 72.8 Å². The Morgan fingerprint density at radius 2 is 1.60 bits per heavy atom. The molecular weight excluding hydrogens is 378 g/mol. The number of rotatable bonds is 13. The minimum Gasteiger partial charge on any atom is -0.372 e. The van der Waals surface area contributed by atoms with Gasteiger partial charge in [-0.25, -0.2) is 0 Å². The van der Waals surface area contributed by atoms with Gasteiger partial charge in [-0.1, -0.05) is 73.7 Å². The molecule has 0 saturated carbocycles. The maximum absolute atomic E-state index is 11.4. The largest absolute Gasteiger partial charge is 0.372 e. The predicted molar refractivity (Wildman–Crippen MR) is 115 cm³/mol. The Bertz CT molecular complexity index is 814. The smallest absolute Gasteiger partial charge is 0.152 e. The maximum Gasteiger partial charge on any atom is 0.152 e. The molecular formula is C25H29NO4. The van der Waals surface area contributed by atoms with Crippen LogP contribution in [0.3, 0.4) is 0 Å². The number of carbonyl (C=O) groups is 1. The van der Waals surface area contributed by atoms with Gasteiger partial charge in [-0.05, 0) is 24.1 Å². The number of benzene rings is 2. The molecule has 0 aliphatic carbocycles. The first-order valence-corrected chi connectivity index (χ1v) is 10.0. The van der Waals surface area contributed by atoms with Gasteiger partial charge in [0.1, 0.15) is 6.79 Å². The highest BCUT2D eigenvalue weighted by molar-refractivity contribution is 5.87. The fourth-order valence-electron chi connectivity index (χ4n) is 2.95. The molecule has 0 bridgehead atoms. The number of nitrogens with zero attached hydrogens (tertiary/aromatic N) is 1. The van der Waals surface area contributed by atoms with Crippen LogP contribution in [0.4, 0.5) is 0 Å². The molecule has 2 aromatic carbocycles. The van der Waals surface area contributed by atoms with E-state index in [0.29, 0.717) is 13.2 Å². The summed E-state index contributed by atoms with van der Waals surface area (Å²) in [7, 11) is 0. The normalized spacial score (nSPS) is 14.2. The second kappa shape index (κ2) is 13.4. The standard InChI is InChI=1S/C25H29NO4/c1-20(27)13-14-24(30-19-28-17-22-9-5-3-6-10-22)21(2)25(15-16-26)29-18-23-11-7-4-8-12-23/h3-14,21,24-25H,15,17-19H2,1-2H3/b14-13+/t21-,24+,25-/m1/s1. The van der Waals surface area contributed by atoms with Gasteiger partial charge in [0, 0.05) is 5.92 Å². The van der Waals surface area contributed by atoms with Crippen molar-refractivity contribution >= 4 is 5.78 Å². The van der Waals surface area contributed by atoms with Gasteiger partial charge in [-0.2, -0.15) is 5.26 Å². The van der Waals surface area contributed by atoms with E-state index < -0.39 is 6.10 Å². The highest BCUT2D eigenvalue weighted by Gasteiger charge is 2.26. The van der Waals surface area contributed by atoms with Crippen molar-refractivity contribution < 1.29 is 19.0 Å².